The number of aromatic nitrogens is 4. The molecule has 0 unspecified atom stereocenters. The highest BCUT2D eigenvalue weighted by molar-refractivity contribution is 5.94. The van der Waals surface area contributed by atoms with Gasteiger partial charge in [0.15, 0.2) is 0 Å². The van der Waals surface area contributed by atoms with Crippen LogP contribution in [0, 0.1) is 0 Å². The lowest BCUT2D eigenvalue weighted by Crippen LogP contribution is -2.34. The number of nitrogens with one attached hydrogen (secondary N) is 2. The van der Waals surface area contributed by atoms with Crippen molar-refractivity contribution >= 4 is 17.6 Å². The Morgan fingerprint density at radius 1 is 1.19 bits per heavy atom. The molecule has 9 nitrogen and oxygen atoms in total. The number of carbonyl (C=O) groups is 1. The molecule has 190 valence electrons. The third kappa shape index (κ3) is 5.13. The van der Waals surface area contributed by atoms with Crippen LogP contribution in [-0.2, 0) is 16.9 Å². The molecule has 0 atom stereocenters. The number of nitrogens with zero attached hydrogens (tertiary/aromatic N) is 4. The Kier molecular flexibility index (Phi) is 6.07. The number of piperidine rings is 1. The van der Waals surface area contributed by atoms with Gasteiger partial charge in [0.1, 0.15) is 41.3 Å². The quantitative estimate of drug-likeness (QED) is 0.484. The molecule has 1 saturated heterocycles. The van der Waals surface area contributed by atoms with Gasteiger partial charge in [0.25, 0.3) is 0 Å². The van der Waals surface area contributed by atoms with E-state index in [9.17, 15) is 18.0 Å². The van der Waals surface area contributed by atoms with E-state index in [0.29, 0.717) is 39.8 Å². The van der Waals surface area contributed by atoms with E-state index in [-0.39, 0.29) is 6.10 Å². The second-order valence-electron chi connectivity index (χ2n) is 9.29. The van der Waals surface area contributed by atoms with Crippen molar-refractivity contribution in [3.63, 3.8) is 0 Å². The highest BCUT2D eigenvalue weighted by atomic mass is 19.4. The van der Waals surface area contributed by atoms with Gasteiger partial charge in [-0.3, -0.25) is 4.68 Å². The summed E-state index contributed by atoms with van der Waals surface area (Å²) in [6.07, 6.45) is 1.41. The molecule has 0 radical (unpaired) electrons. The average Bonchev–Trinajstić information content (AvgIpc) is 3.34. The molecule has 3 aromatic rings. The van der Waals surface area contributed by atoms with Crippen molar-refractivity contribution < 1.29 is 27.4 Å². The molecule has 2 aliphatic rings. The second-order valence-corrected chi connectivity index (χ2v) is 9.29. The maximum absolute atomic E-state index is 12.8. The van der Waals surface area contributed by atoms with E-state index in [4.69, 9.17) is 9.47 Å². The van der Waals surface area contributed by atoms with Gasteiger partial charge >= 0.3 is 12.1 Å². The van der Waals surface area contributed by atoms with E-state index in [1.165, 1.54) is 18.6 Å². The number of rotatable bonds is 6. The SMILES string of the molecule is CC1(C)OC(=O)c2ccc(Nc3cc(OC4CCNCC4)c(-c4cnn(CC(F)(F)F)c4)cn3)nc21. The van der Waals surface area contributed by atoms with Crippen LogP contribution in [0.4, 0.5) is 24.8 Å². The van der Waals surface area contributed by atoms with E-state index in [0.717, 1.165) is 30.6 Å². The zero-order valence-electron chi connectivity index (χ0n) is 19.7. The monoisotopic (exact) mass is 502 g/mol. The third-order valence-corrected chi connectivity index (χ3v) is 6.02. The number of hydrogen-bond acceptors (Lipinski definition) is 8. The molecule has 0 saturated carbocycles. The third-order valence-electron chi connectivity index (χ3n) is 6.02. The first-order chi connectivity index (χ1) is 17.1. The van der Waals surface area contributed by atoms with E-state index in [2.05, 4.69) is 25.7 Å². The Labute approximate surface area is 205 Å². The summed E-state index contributed by atoms with van der Waals surface area (Å²) < 4.78 is 50.9. The van der Waals surface area contributed by atoms with Crippen LogP contribution in [0.15, 0.2) is 36.8 Å². The van der Waals surface area contributed by atoms with E-state index in [1.54, 1.807) is 32.0 Å². The van der Waals surface area contributed by atoms with Crippen molar-refractivity contribution in [1.29, 1.82) is 0 Å². The van der Waals surface area contributed by atoms with Crippen molar-refractivity contribution in [2.24, 2.45) is 0 Å². The Hall–Kier alpha value is -3.67. The smallest absolute Gasteiger partial charge is 0.408 e. The molecule has 5 rings (SSSR count). The molecule has 36 heavy (non-hydrogen) atoms. The van der Waals surface area contributed by atoms with Gasteiger partial charge in [0.05, 0.1) is 11.8 Å². The average molecular weight is 502 g/mol. The molecule has 1 fully saturated rings. The van der Waals surface area contributed by atoms with Gasteiger partial charge in [-0.1, -0.05) is 0 Å². The first-order valence-corrected chi connectivity index (χ1v) is 11.6. The van der Waals surface area contributed by atoms with Crippen LogP contribution in [0.1, 0.15) is 42.7 Å². The normalized spacial score (nSPS) is 17.5. The number of carbonyl (C=O) groups excluding carboxylic acids is 1. The number of hydrogen-bond donors (Lipinski definition) is 2. The van der Waals surface area contributed by atoms with Crippen LogP contribution < -0.4 is 15.4 Å². The van der Waals surface area contributed by atoms with Gasteiger partial charge in [0.2, 0.25) is 0 Å². The largest absolute Gasteiger partial charge is 0.489 e. The van der Waals surface area contributed by atoms with E-state index < -0.39 is 24.3 Å². The molecular formula is C24H25F3N6O3. The lowest BCUT2D eigenvalue weighted by atomic mass is 10.0. The summed E-state index contributed by atoms with van der Waals surface area (Å²) in [5.41, 5.74) is 1.10. The molecule has 0 aliphatic carbocycles. The van der Waals surface area contributed by atoms with Gasteiger partial charge in [-0.05, 0) is 51.9 Å². The number of esters is 1. The van der Waals surface area contributed by atoms with Gasteiger partial charge in [-0.15, -0.1) is 0 Å². The standard InChI is InChI=1S/C24H25F3N6O3/c1-23(2)21-16(22(34)36-23)3-4-19(32-21)31-20-9-18(35-15-5-7-28-8-6-15)17(11-29-20)14-10-30-33(12-14)13-24(25,26)27/h3-4,9-12,15,28H,5-8,13H2,1-2H3,(H,29,31,32). The molecule has 3 aromatic heterocycles. The van der Waals surface area contributed by atoms with Crippen molar-refractivity contribution in [1.82, 2.24) is 25.1 Å². The van der Waals surface area contributed by atoms with Crippen LogP contribution in [0.25, 0.3) is 11.1 Å². The predicted octanol–water partition coefficient (Wildman–Crippen LogP) is 4.18. The summed E-state index contributed by atoms with van der Waals surface area (Å²) in [7, 11) is 0. The zero-order valence-corrected chi connectivity index (χ0v) is 19.7. The van der Waals surface area contributed by atoms with Gasteiger partial charge in [-0.25, -0.2) is 14.8 Å². The summed E-state index contributed by atoms with van der Waals surface area (Å²) >= 11 is 0. The topological polar surface area (TPSA) is 103 Å². The van der Waals surface area contributed by atoms with Crippen LogP contribution >= 0.6 is 0 Å². The number of halogens is 3. The molecule has 2 N–H and O–H groups in total. The zero-order chi connectivity index (χ0) is 25.5. The van der Waals surface area contributed by atoms with Crippen LogP contribution in [-0.4, -0.2) is 51.1 Å². The molecule has 0 amide bonds. The summed E-state index contributed by atoms with van der Waals surface area (Å²) in [4.78, 5) is 21.0. The summed E-state index contributed by atoms with van der Waals surface area (Å²) in [6.45, 7) is 3.98. The number of pyridine rings is 2. The van der Waals surface area contributed by atoms with Crippen molar-refractivity contribution in [2.45, 2.75) is 51.1 Å². The van der Waals surface area contributed by atoms with Crippen molar-refractivity contribution in [3.05, 3.63) is 48.0 Å². The minimum atomic E-state index is -4.38. The summed E-state index contributed by atoms with van der Waals surface area (Å²) in [5.74, 6) is 0.957. The van der Waals surface area contributed by atoms with Crippen LogP contribution in [0.3, 0.4) is 0 Å². The predicted molar refractivity (Wildman–Crippen MR) is 124 cm³/mol. The Morgan fingerprint density at radius 2 is 1.97 bits per heavy atom. The number of fused-ring (bicyclic) bond motifs is 1. The molecule has 5 heterocycles. The highest BCUT2D eigenvalue weighted by Crippen LogP contribution is 2.37. The maximum atomic E-state index is 12.8. The maximum Gasteiger partial charge on any atom is 0.408 e. The Bertz CT molecular complexity index is 1280. The van der Waals surface area contributed by atoms with Gasteiger partial charge in [0, 0.05) is 29.6 Å². The van der Waals surface area contributed by atoms with E-state index >= 15 is 0 Å². The second kappa shape index (κ2) is 9.08. The first kappa shape index (κ1) is 24.0. The fourth-order valence-electron chi connectivity index (χ4n) is 4.30. The van der Waals surface area contributed by atoms with Gasteiger partial charge in [-0.2, -0.15) is 18.3 Å². The molecular weight excluding hydrogens is 477 g/mol. The minimum Gasteiger partial charge on any atom is -0.489 e. The fraction of sp³-hybridized carbons (Fsp3) is 0.417. The number of alkyl halides is 3. The minimum absolute atomic E-state index is 0.0486. The molecule has 2 aliphatic heterocycles. The summed E-state index contributed by atoms with van der Waals surface area (Å²) in [5, 5.41) is 10.3. The molecule has 0 bridgehead atoms. The fourth-order valence-corrected chi connectivity index (χ4v) is 4.30. The van der Waals surface area contributed by atoms with Crippen molar-refractivity contribution in [3.8, 4) is 16.9 Å². The van der Waals surface area contributed by atoms with Crippen LogP contribution in [0.2, 0.25) is 0 Å². The highest BCUT2D eigenvalue weighted by Gasteiger charge is 2.39. The summed E-state index contributed by atoms with van der Waals surface area (Å²) in [6, 6.07) is 5.00. The van der Waals surface area contributed by atoms with Crippen molar-refractivity contribution in [2.75, 3.05) is 18.4 Å². The number of cyclic esters (lactones) is 1. The Balaban J connectivity index is 1.45. The first-order valence-electron chi connectivity index (χ1n) is 11.6. The lowest BCUT2D eigenvalue weighted by Gasteiger charge is -2.25. The number of anilines is 2. The van der Waals surface area contributed by atoms with E-state index in [1.807, 2.05) is 0 Å². The molecule has 0 spiro atoms. The Morgan fingerprint density at radius 3 is 2.72 bits per heavy atom. The van der Waals surface area contributed by atoms with Gasteiger partial charge < -0.3 is 20.1 Å². The molecule has 12 heteroatoms. The number of ether oxygens (including phenoxy) is 2. The van der Waals surface area contributed by atoms with Crippen LogP contribution in [0.5, 0.6) is 5.75 Å². The molecule has 0 aromatic carbocycles. The lowest BCUT2D eigenvalue weighted by molar-refractivity contribution is -0.142.